The second-order valence-electron chi connectivity index (χ2n) is 9.78. The van der Waals surface area contributed by atoms with Crippen molar-refractivity contribution in [2.75, 3.05) is 7.05 Å². The van der Waals surface area contributed by atoms with E-state index < -0.39 is 8.07 Å². The average molecular weight is 371 g/mol. The highest BCUT2D eigenvalue weighted by molar-refractivity contribution is 6.88. The highest BCUT2D eigenvalue weighted by atomic mass is 28.3. The molecule has 4 heteroatoms. The van der Waals surface area contributed by atoms with Crippen LogP contribution in [-0.4, -0.2) is 28.1 Å². The lowest BCUT2D eigenvalue weighted by Gasteiger charge is -2.41. The smallest absolute Gasteiger partial charge is 0.297 e. The fraction of sp³-hybridized carbons (Fsp3) is 0.727. The molecule has 2 nitrogen and oxygen atoms in total. The summed E-state index contributed by atoms with van der Waals surface area (Å²) in [7, 11) is 0.765. The first-order chi connectivity index (χ1) is 12.4. The van der Waals surface area contributed by atoms with Gasteiger partial charge in [-0.1, -0.05) is 88.5 Å². The maximum Gasteiger partial charge on any atom is 0.297 e. The van der Waals surface area contributed by atoms with Gasteiger partial charge in [0, 0.05) is 14.1 Å². The van der Waals surface area contributed by atoms with E-state index in [4.69, 9.17) is 4.65 Å². The second-order valence-corrected chi connectivity index (χ2v) is 15.2. The zero-order valence-electron chi connectivity index (χ0n) is 17.5. The van der Waals surface area contributed by atoms with Crippen LogP contribution in [0.2, 0.25) is 30.9 Å². The third-order valence-electron chi connectivity index (χ3n) is 6.97. The molecule has 26 heavy (non-hydrogen) atoms. The normalized spacial score (nSPS) is 29.1. The lowest BCUT2D eigenvalue weighted by molar-refractivity contribution is 0.158. The molecule has 1 aromatic rings. The average Bonchev–Trinajstić information content (AvgIpc) is 2.87. The van der Waals surface area contributed by atoms with Gasteiger partial charge in [-0.25, -0.2) is 0 Å². The van der Waals surface area contributed by atoms with Crippen LogP contribution in [0, 0.1) is 5.92 Å². The summed E-state index contributed by atoms with van der Waals surface area (Å²) in [6, 6.07) is 11.2. The summed E-state index contributed by atoms with van der Waals surface area (Å²) in [5.41, 5.74) is 2.12. The molecule has 1 N–H and O–H groups in total. The highest BCUT2D eigenvalue weighted by Gasteiger charge is 2.50. The number of nitrogens with one attached hydrogen (secondary N) is 1. The molecule has 0 spiro atoms. The van der Waals surface area contributed by atoms with Crippen LogP contribution in [-0.2, 0) is 4.65 Å². The SMILES string of the molecule is CNC(C)C(OB1C2CCCC(CCC2)C1[Si](C)(C)C)c1ccccc1. The lowest BCUT2D eigenvalue weighted by atomic mass is 9.50. The fourth-order valence-corrected chi connectivity index (χ4v) is 8.75. The molecule has 2 heterocycles. The molecule has 0 amide bonds. The topological polar surface area (TPSA) is 21.3 Å². The Balaban J connectivity index is 1.94. The van der Waals surface area contributed by atoms with Crippen LogP contribution in [0.15, 0.2) is 30.3 Å². The van der Waals surface area contributed by atoms with E-state index in [1.807, 2.05) is 0 Å². The number of benzene rings is 1. The molecule has 2 fully saturated rings. The fourth-order valence-electron chi connectivity index (χ4n) is 5.67. The predicted octanol–water partition coefficient (Wildman–Crippen LogP) is 5.95. The van der Waals surface area contributed by atoms with E-state index in [9.17, 15) is 0 Å². The number of hydrogen-bond acceptors (Lipinski definition) is 2. The van der Waals surface area contributed by atoms with Gasteiger partial charge >= 0.3 is 0 Å². The molecule has 0 saturated carbocycles. The van der Waals surface area contributed by atoms with Crippen LogP contribution in [0.25, 0.3) is 0 Å². The molecular weight excluding hydrogens is 333 g/mol. The second kappa shape index (κ2) is 8.62. The monoisotopic (exact) mass is 371 g/mol. The lowest BCUT2D eigenvalue weighted by Crippen LogP contribution is -2.47. The van der Waals surface area contributed by atoms with E-state index in [2.05, 4.69) is 69.3 Å². The number of rotatable bonds is 6. The van der Waals surface area contributed by atoms with Crippen LogP contribution in [0.5, 0.6) is 0 Å². The van der Waals surface area contributed by atoms with Crippen molar-refractivity contribution >= 4 is 15.0 Å². The first-order valence-corrected chi connectivity index (χ1v) is 14.4. The number of fused-ring (bicyclic) bond motifs is 3. The molecule has 144 valence electrons. The molecule has 2 bridgehead atoms. The van der Waals surface area contributed by atoms with Crippen molar-refractivity contribution in [2.45, 2.75) is 88.5 Å². The first-order valence-electron chi connectivity index (χ1n) is 10.8. The molecule has 2 aliphatic heterocycles. The van der Waals surface area contributed by atoms with Gasteiger partial charge in [-0.15, -0.1) is 0 Å². The van der Waals surface area contributed by atoms with Crippen LogP contribution in [0.4, 0.5) is 0 Å². The van der Waals surface area contributed by atoms with E-state index in [1.165, 1.54) is 44.1 Å². The number of hydrogen-bond donors (Lipinski definition) is 1. The van der Waals surface area contributed by atoms with Gasteiger partial charge in [-0.2, -0.15) is 0 Å². The Hall–Kier alpha value is -0.578. The van der Waals surface area contributed by atoms with Gasteiger partial charge in [-0.3, -0.25) is 0 Å². The minimum Gasteiger partial charge on any atom is -0.427 e. The van der Waals surface area contributed by atoms with Gasteiger partial charge in [0.15, 0.2) is 0 Å². The van der Waals surface area contributed by atoms with Crippen LogP contribution >= 0.6 is 0 Å². The van der Waals surface area contributed by atoms with Crippen molar-refractivity contribution in [1.82, 2.24) is 5.32 Å². The maximum absolute atomic E-state index is 7.14. The zero-order valence-corrected chi connectivity index (χ0v) is 18.5. The van der Waals surface area contributed by atoms with Gasteiger partial charge in [0.05, 0.1) is 6.10 Å². The van der Waals surface area contributed by atoms with Crippen LogP contribution in [0.3, 0.4) is 0 Å². The third kappa shape index (κ3) is 4.45. The summed E-state index contributed by atoms with van der Waals surface area (Å²) in [6.07, 6.45) is 8.58. The van der Waals surface area contributed by atoms with Gasteiger partial charge < -0.3 is 9.97 Å². The van der Waals surface area contributed by atoms with Gasteiger partial charge in [0.1, 0.15) is 0 Å². The maximum atomic E-state index is 7.14. The minimum absolute atomic E-state index is 0.143. The van der Waals surface area contributed by atoms with Gasteiger partial charge in [0.2, 0.25) is 0 Å². The Bertz CT molecular complexity index is 551. The van der Waals surface area contributed by atoms with Crippen LogP contribution in [0.1, 0.15) is 57.1 Å². The molecule has 1 aromatic carbocycles. The quantitative estimate of drug-likeness (QED) is 0.624. The largest absolute Gasteiger partial charge is 0.427 e. The summed E-state index contributed by atoms with van der Waals surface area (Å²) < 4.78 is 7.14. The minimum atomic E-state index is -1.30. The molecule has 0 radical (unpaired) electrons. The highest BCUT2D eigenvalue weighted by Crippen LogP contribution is 2.51. The summed E-state index contributed by atoms with van der Waals surface area (Å²) >= 11 is 0. The van der Waals surface area contributed by atoms with E-state index in [1.54, 1.807) is 0 Å². The Kier molecular flexibility index (Phi) is 6.69. The van der Waals surface area contributed by atoms with E-state index in [0.717, 1.165) is 17.2 Å². The molecule has 3 rings (SSSR count). The van der Waals surface area contributed by atoms with Crippen molar-refractivity contribution in [3.8, 4) is 0 Å². The number of likely N-dealkylation sites (N-methyl/N-ethyl adjacent to an activating group) is 1. The molecule has 3 atom stereocenters. The summed E-state index contributed by atoms with van der Waals surface area (Å²) in [5, 5.41) is 3.47. The van der Waals surface area contributed by atoms with Crippen LogP contribution < -0.4 is 5.32 Å². The van der Waals surface area contributed by atoms with E-state index in [-0.39, 0.29) is 6.10 Å². The predicted molar refractivity (Wildman–Crippen MR) is 117 cm³/mol. The Morgan fingerprint density at radius 1 is 1.04 bits per heavy atom. The summed E-state index contributed by atoms with van der Waals surface area (Å²) in [6.45, 7) is 10.4. The van der Waals surface area contributed by atoms with Crippen molar-refractivity contribution in [1.29, 1.82) is 0 Å². The summed E-state index contributed by atoms with van der Waals surface area (Å²) in [4.78, 5) is 0. The van der Waals surface area contributed by atoms with Crippen molar-refractivity contribution in [2.24, 2.45) is 5.92 Å². The van der Waals surface area contributed by atoms with E-state index >= 15 is 0 Å². The Labute approximate surface area is 162 Å². The summed E-state index contributed by atoms with van der Waals surface area (Å²) in [5.74, 6) is 1.65. The van der Waals surface area contributed by atoms with Gasteiger partial charge in [-0.05, 0) is 36.7 Å². The molecule has 2 saturated heterocycles. The molecule has 0 aromatic heterocycles. The Morgan fingerprint density at radius 3 is 2.19 bits per heavy atom. The van der Waals surface area contributed by atoms with Crippen molar-refractivity contribution in [3.63, 3.8) is 0 Å². The zero-order chi connectivity index (χ0) is 18.7. The van der Waals surface area contributed by atoms with Crippen molar-refractivity contribution in [3.05, 3.63) is 35.9 Å². The van der Waals surface area contributed by atoms with Gasteiger partial charge in [0.25, 0.3) is 6.92 Å². The molecular formula is C22H38BNOSi. The standard InChI is InChI=1S/C22H38BNOSi/c1-17(24-2)21(18-11-7-6-8-12-18)25-23-20-15-9-13-19(14-10-16-20)22(23)26(3,4)5/h6-8,11-12,17,19-22,24H,9-10,13-16H2,1-5H3. The van der Waals surface area contributed by atoms with Crippen molar-refractivity contribution < 1.29 is 4.65 Å². The first kappa shape index (κ1) is 20.2. The molecule has 2 aliphatic rings. The van der Waals surface area contributed by atoms with E-state index in [0.29, 0.717) is 13.0 Å². The third-order valence-corrected chi connectivity index (χ3v) is 9.77. The molecule has 0 aliphatic carbocycles. The molecule has 3 unspecified atom stereocenters. The Morgan fingerprint density at radius 2 is 1.65 bits per heavy atom.